The number of hydrogen-bond donors (Lipinski definition) is 2. The van der Waals surface area contributed by atoms with E-state index in [9.17, 15) is 9.59 Å². The Labute approximate surface area is 131 Å². The number of carbonyl (C=O) groups excluding carboxylic acids is 1. The van der Waals surface area contributed by atoms with Crippen molar-refractivity contribution in [3.05, 3.63) is 33.3 Å². The second-order valence-electron chi connectivity index (χ2n) is 4.51. The number of carboxylic acid groups (broad SMARTS) is 1. The zero-order valence-electron chi connectivity index (χ0n) is 11.2. The molecule has 0 saturated carbocycles. The molecule has 0 aliphatic carbocycles. The Morgan fingerprint density at radius 2 is 2.15 bits per heavy atom. The van der Waals surface area contributed by atoms with Crippen LogP contribution in [-0.4, -0.2) is 35.6 Å². The number of benzene rings is 1. The largest absolute Gasteiger partial charge is 0.481 e. The molecule has 0 aliphatic rings. The first kappa shape index (κ1) is 16.8. The van der Waals surface area contributed by atoms with Crippen LogP contribution in [0.3, 0.4) is 0 Å². The van der Waals surface area contributed by atoms with E-state index in [0.717, 1.165) is 10.0 Å². The molecule has 0 fully saturated rings. The van der Waals surface area contributed by atoms with Crippen molar-refractivity contribution >= 4 is 39.5 Å². The van der Waals surface area contributed by atoms with Gasteiger partial charge in [-0.2, -0.15) is 0 Å². The second kappa shape index (κ2) is 7.50. The Morgan fingerprint density at radius 1 is 1.50 bits per heavy atom. The number of nitrogens with one attached hydrogen (secondary N) is 1. The average Bonchev–Trinajstić information content (AvgIpc) is 2.37. The second-order valence-corrected chi connectivity index (χ2v) is 5.84. The van der Waals surface area contributed by atoms with Crippen molar-refractivity contribution in [2.45, 2.75) is 13.5 Å². The fourth-order valence-corrected chi connectivity index (χ4v) is 2.28. The first-order valence-corrected chi connectivity index (χ1v) is 7.14. The molecule has 0 radical (unpaired) electrons. The van der Waals surface area contributed by atoms with E-state index in [2.05, 4.69) is 21.2 Å². The third-order valence-corrected chi connectivity index (χ3v) is 3.61. The number of hydrogen-bond acceptors (Lipinski definition) is 2. The molecule has 1 aromatic rings. The highest BCUT2D eigenvalue weighted by Crippen LogP contribution is 2.21. The predicted molar refractivity (Wildman–Crippen MR) is 80.8 cm³/mol. The molecule has 1 aromatic carbocycles. The van der Waals surface area contributed by atoms with E-state index in [1.807, 2.05) is 12.1 Å². The molecule has 7 heteroatoms. The van der Waals surface area contributed by atoms with Crippen LogP contribution in [0.2, 0.25) is 5.02 Å². The van der Waals surface area contributed by atoms with Gasteiger partial charge in [0.2, 0.25) is 0 Å². The highest BCUT2D eigenvalue weighted by Gasteiger charge is 2.17. The van der Waals surface area contributed by atoms with Crippen molar-refractivity contribution in [3.8, 4) is 0 Å². The van der Waals surface area contributed by atoms with E-state index in [0.29, 0.717) is 5.02 Å². The molecule has 5 nitrogen and oxygen atoms in total. The van der Waals surface area contributed by atoms with Crippen LogP contribution in [0.1, 0.15) is 12.5 Å². The summed E-state index contributed by atoms with van der Waals surface area (Å²) in [7, 11) is 1.55. The van der Waals surface area contributed by atoms with Crippen LogP contribution in [0.25, 0.3) is 0 Å². The van der Waals surface area contributed by atoms with Gasteiger partial charge in [-0.3, -0.25) is 4.79 Å². The van der Waals surface area contributed by atoms with Crippen LogP contribution >= 0.6 is 27.5 Å². The molecule has 0 saturated heterocycles. The summed E-state index contributed by atoms with van der Waals surface area (Å²) < 4.78 is 0.866. The Balaban J connectivity index is 2.52. The van der Waals surface area contributed by atoms with Crippen molar-refractivity contribution in [2.75, 3.05) is 13.6 Å². The van der Waals surface area contributed by atoms with Gasteiger partial charge in [-0.05, 0) is 17.7 Å². The van der Waals surface area contributed by atoms with Crippen LogP contribution in [-0.2, 0) is 11.3 Å². The summed E-state index contributed by atoms with van der Waals surface area (Å²) in [6.07, 6.45) is 0. The summed E-state index contributed by atoms with van der Waals surface area (Å²) in [5, 5.41) is 12.1. The topological polar surface area (TPSA) is 69.6 Å². The van der Waals surface area contributed by atoms with Crippen molar-refractivity contribution < 1.29 is 14.7 Å². The van der Waals surface area contributed by atoms with E-state index in [1.54, 1.807) is 20.0 Å². The summed E-state index contributed by atoms with van der Waals surface area (Å²) in [6, 6.07) is 5.06. The van der Waals surface area contributed by atoms with Crippen LogP contribution in [0.15, 0.2) is 22.7 Å². The van der Waals surface area contributed by atoms with Gasteiger partial charge in [0, 0.05) is 29.6 Å². The maximum absolute atomic E-state index is 11.8. The van der Waals surface area contributed by atoms with Crippen molar-refractivity contribution in [2.24, 2.45) is 5.92 Å². The molecule has 1 rings (SSSR count). The summed E-state index contributed by atoms with van der Waals surface area (Å²) in [6.45, 7) is 1.99. The number of rotatable bonds is 5. The van der Waals surface area contributed by atoms with Gasteiger partial charge in [-0.15, -0.1) is 0 Å². The molecule has 2 amide bonds. The molecule has 2 N–H and O–H groups in total. The maximum atomic E-state index is 11.8. The lowest BCUT2D eigenvalue weighted by Crippen LogP contribution is -2.40. The van der Waals surface area contributed by atoms with Gasteiger partial charge in [0.15, 0.2) is 0 Å². The Morgan fingerprint density at radius 3 is 2.70 bits per heavy atom. The number of carbonyl (C=O) groups is 2. The van der Waals surface area contributed by atoms with E-state index in [-0.39, 0.29) is 19.1 Å². The molecule has 1 atom stereocenters. The summed E-state index contributed by atoms with van der Waals surface area (Å²) in [5.74, 6) is -1.54. The molecule has 110 valence electrons. The quantitative estimate of drug-likeness (QED) is 0.845. The van der Waals surface area contributed by atoms with E-state index in [4.69, 9.17) is 16.7 Å². The Bertz CT molecular complexity index is 510. The predicted octanol–water partition coefficient (Wildman–Crippen LogP) is 2.96. The van der Waals surface area contributed by atoms with E-state index in [1.165, 1.54) is 4.90 Å². The third-order valence-electron chi connectivity index (χ3n) is 2.76. The van der Waals surface area contributed by atoms with Gasteiger partial charge in [-0.25, -0.2) is 4.79 Å². The van der Waals surface area contributed by atoms with Gasteiger partial charge >= 0.3 is 12.0 Å². The van der Waals surface area contributed by atoms with Crippen molar-refractivity contribution in [1.82, 2.24) is 10.2 Å². The fraction of sp³-hybridized carbons (Fsp3) is 0.385. The average molecular weight is 364 g/mol. The van der Waals surface area contributed by atoms with Crippen LogP contribution in [0, 0.1) is 5.92 Å². The first-order valence-electron chi connectivity index (χ1n) is 5.97. The lowest BCUT2D eigenvalue weighted by Gasteiger charge is -2.20. The summed E-state index contributed by atoms with van der Waals surface area (Å²) >= 11 is 9.35. The molecular weight excluding hydrogens is 348 g/mol. The van der Waals surface area contributed by atoms with Crippen molar-refractivity contribution in [3.63, 3.8) is 0 Å². The van der Waals surface area contributed by atoms with Gasteiger partial charge < -0.3 is 15.3 Å². The minimum absolute atomic E-state index is 0.148. The van der Waals surface area contributed by atoms with Crippen LogP contribution in [0.4, 0.5) is 4.79 Å². The monoisotopic (exact) mass is 362 g/mol. The molecule has 0 aliphatic heterocycles. The van der Waals surface area contributed by atoms with Gasteiger partial charge in [0.05, 0.1) is 5.92 Å². The number of urea groups is 1. The number of halogens is 2. The molecule has 20 heavy (non-hydrogen) atoms. The molecule has 0 heterocycles. The normalized spacial score (nSPS) is 11.8. The highest BCUT2D eigenvalue weighted by molar-refractivity contribution is 9.10. The SMILES string of the molecule is CC(CN(C)C(=O)NCc1ccc(Br)cc1Cl)C(=O)O. The van der Waals surface area contributed by atoms with Crippen LogP contribution < -0.4 is 5.32 Å². The van der Waals surface area contributed by atoms with E-state index < -0.39 is 11.9 Å². The third kappa shape index (κ3) is 5.02. The number of carboxylic acids is 1. The lowest BCUT2D eigenvalue weighted by atomic mass is 10.2. The van der Waals surface area contributed by atoms with Gasteiger partial charge in [-0.1, -0.05) is 40.5 Å². The first-order chi connectivity index (χ1) is 9.31. The molecule has 1 unspecified atom stereocenters. The zero-order valence-corrected chi connectivity index (χ0v) is 13.5. The smallest absolute Gasteiger partial charge is 0.317 e. The van der Waals surface area contributed by atoms with Crippen LogP contribution in [0.5, 0.6) is 0 Å². The summed E-state index contributed by atoms with van der Waals surface area (Å²) in [5.41, 5.74) is 0.794. The molecule has 0 bridgehead atoms. The summed E-state index contributed by atoms with van der Waals surface area (Å²) in [4.78, 5) is 23.9. The fourth-order valence-electron chi connectivity index (χ4n) is 1.54. The molecule has 0 spiro atoms. The highest BCUT2D eigenvalue weighted by atomic mass is 79.9. The lowest BCUT2D eigenvalue weighted by molar-refractivity contribution is -0.141. The van der Waals surface area contributed by atoms with E-state index >= 15 is 0 Å². The number of amides is 2. The standard InChI is InChI=1S/C13H16BrClN2O3/c1-8(12(18)19)7-17(2)13(20)16-6-9-3-4-10(14)5-11(9)15/h3-5,8H,6-7H2,1-2H3,(H,16,20)(H,18,19). The van der Waals surface area contributed by atoms with Gasteiger partial charge in [0.25, 0.3) is 0 Å². The van der Waals surface area contributed by atoms with Crippen molar-refractivity contribution in [1.29, 1.82) is 0 Å². The zero-order chi connectivity index (χ0) is 15.3. The minimum Gasteiger partial charge on any atom is -0.481 e. The Kier molecular flexibility index (Phi) is 6.29. The maximum Gasteiger partial charge on any atom is 0.317 e. The molecule has 0 aromatic heterocycles. The number of nitrogens with zero attached hydrogens (tertiary/aromatic N) is 1. The van der Waals surface area contributed by atoms with Gasteiger partial charge in [0.1, 0.15) is 0 Å². The molecular formula is C13H16BrClN2O3. The number of aliphatic carboxylic acids is 1. The Hall–Kier alpha value is -1.27. The minimum atomic E-state index is -0.930.